The molecule has 0 bridgehead atoms. The molecule has 2 amide bonds. The summed E-state index contributed by atoms with van der Waals surface area (Å²) < 4.78 is 0. The lowest BCUT2D eigenvalue weighted by atomic mass is 10.3. The Morgan fingerprint density at radius 3 is 2.89 bits per heavy atom. The molecule has 1 rings (SSSR count). The van der Waals surface area contributed by atoms with E-state index >= 15 is 0 Å². The summed E-state index contributed by atoms with van der Waals surface area (Å²) >= 11 is 1.65. The topological polar surface area (TPSA) is 66.6 Å². The third kappa shape index (κ3) is 4.95. The van der Waals surface area contributed by atoms with Crippen LogP contribution in [0.2, 0.25) is 0 Å². The molecule has 1 aromatic rings. The van der Waals surface area contributed by atoms with Crippen molar-refractivity contribution in [2.24, 2.45) is 5.73 Å². The average Bonchev–Trinajstić information content (AvgIpc) is 2.82. The predicted octanol–water partition coefficient (Wildman–Crippen LogP) is 0.514. The maximum atomic E-state index is 11.8. The van der Waals surface area contributed by atoms with E-state index in [-0.39, 0.29) is 12.5 Å². The van der Waals surface area contributed by atoms with Gasteiger partial charge in [0.2, 0.25) is 12.3 Å². The first-order chi connectivity index (χ1) is 8.67. The number of imide groups is 1. The third-order valence-electron chi connectivity index (χ3n) is 2.46. The average molecular weight is 269 g/mol. The zero-order valence-electron chi connectivity index (χ0n) is 10.5. The quantitative estimate of drug-likeness (QED) is 0.698. The van der Waals surface area contributed by atoms with Gasteiger partial charge in [0.25, 0.3) is 0 Å². The van der Waals surface area contributed by atoms with Crippen molar-refractivity contribution >= 4 is 23.7 Å². The Morgan fingerprint density at radius 1 is 1.56 bits per heavy atom. The second-order valence-corrected chi connectivity index (χ2v) is 5.12. The minimum atomic E-state index is -0.183. The van der Waals surface area contributed by atoms with Crippen LogP contribution in [0, 0.1) is 0 Å². The van der Waals surface area contributed by atoms with Crippen LogP contribution in [0.5, 0.6) is 0 Å². The van der Waals surface area contributed by atoms with Crippen molar-refractivity contribution in [2.75, 3.05) is 26.7 Å². The van der Waals surface area contributed by atoms with Crippen molar-refractivity contribution in [1.29, 1.82) is 0 Å². The Morgan fingerprint density at radius 2 is 2.33 bits per heavy atom. The van der Waals surface area contributed by atoms with Crippen molar-refractivity contribution in [3.63, 3.8) is 0 Å². The minimum Gasteiger partial charge on any atom is -0.330 e. The molecule has 0 saturated heterocycles. The van der Waals surface area contributed by atoms with Crippen LogP contribution in [-0.4, -0.2) is 48.8 Å². The third-order valence-corrected chi connectivity index (χ3v) is 3.32. The van der Waals surface area contributed by atoms with Gasteiger partial charge in [-0.3, -0.25) is 19.4 Å². The standard InChI is InChI=1S/C12H19N3O2S/c1-14(8-11-4-2-7-18-11)9-12(17)15(10-16)6-3-5-13/h2,4,7,10H,3,5-6,8-9,13H2,1H3. The fraction of sp³-hybridized carbons (Fsp3) is 0.500. The Bertz CT molecular complexity index is 367. The predicted molar refractivity (Wildman–Crippen MR) is 72.1 cm³/mol. The minimum absolute atomic E-state index is 0.183. The number of nitrogens with zero attached hydrogens (tertiary/aromatic N) is 2. The normalized spacial score (nSPS) is 10.6. The van der Waals surface area contributed by atoms with Crippen LogP contribution in [0.1, 0.15) is 11.3 Å². The first-order valence-corrected chi connectivity index (χ1v) is 6.71. The van der Waals surface area contributed by atoms with Crippen molar-refractivity contribution in [3.05, 3.63) is 22.4 Å². The second-order valence-electron chi connectivity index (χ2n) is 4.09. The van der Waals surface area contributed by atoms with Crippen LogP contribution in [-0.2, 0) is 16.1 Å². The van der Waals surface area contributed by atoms with Crippen LogP contribution in [0.3, 0.4) is 0 Å². The summed E-state index contributed by atoms with van der Waals surface area (Å²) in [7, 11) is 1.86. The molecular weight excluding hydrogens is 250 g/mol. The van der Waals surface area contributed by atoms with E-state index < -0.39 is 0 Å². The second kappa shape index (κ2) is 7.97. The summed E-state index contributed by atoms with van der Waals surface area (Å²) in [4.78, 5) is 26.9. The lowest BCUT2D eigenvalue weighted by molar-refractivity contribution is -0.138. The lowest BCUT2D eigenvalue weighted by Crippen LogP contribution is -2.38. The van der Waals surface area contributed by atoms with Gasteiger partial charge in [0.1, 0.15) is 0 Å². The summed E-state index contributed by atoms with van der Waals surface area (Å²) in [6.07, 6.45) is 1.22. The van der Waals surface area contributed by atoms with E-state index in [1.807, 2.05) is 29.5 Å². The van der Waals surface area contributed by atoms with E-state index in [4.69, 9.17) is 5.73 Å². The molecule has 0 aliphatic carbocycles. The number of carbonyl (C=O) groups excluding carboxylic acids is 2. The summed E-state index contributed by atoms with van der Waals surface area (Å²) in [6.45, 7) is 1.82. The van der Waals surface area contributed by atoms with E-state index in [0.717, 1.165) is 0 Å². The Labute approximate surface area is 111 Å². The van der Waals surface area contributed by atoms with Gasteiger partial charge < -0.3 is 5.73 Å². The molecule has 1 aromatic heterocycles. The van der Waals surface area contributed by atoms with Crippen LogP contribution in [0.4, 0.5) is 0 Å². The summed E-state index contributed by atoms with van der Waals surface area (Å²) in [5.41, 5.74) is 5.36. The molecule has 0 radical (unpaired) electrons. The van der Waals surface area contributed by atoms with Crippen LogP contribution < -0.4 is 5.73 Å². The molecule has 2 N–H and O–H groups in total. The van der Waals surface area contributed by atoms with E-state index in [2.05, 4.69) is 0 Å². The fourth-order valence-electron chi connectivity index (χ4n) is 1.54. The highest BCUT2D eigenvalue weighted by Crippen LogP contribution is 2.10. The van der Waals surface area contributed by atoms with Gasteiger partial charge in [0, 0.05) is 18.0 Å². The van der Waals surface area contributed by atoms with Gasteiger partial charge in [-0.05, 0) is 31.5 Å². The smallest absolute Gasteiger partial charge is 0.243 e. The largest absolute Gasteiger partial charge is 0.330 e. The SMILES string of the molecule is CN(CC(=O)N(C=O)CCCN)Cc1cccs1. The number of nitrogens with two attached hydrogens (primary N) is 1. The Balaban J connectivity index is 2.39. The highest BCUT2D eigenvalue weighted by atomic mass is 32.1. The van der Waals surface area contributed by atoms with E-state index in [0.29, 0.717) is 32.5 Å². The number of amides is 2. The van der Waals surface area contributed by atoms with Gasteiger partial charge in [-0.15, -0.1) is 11.3 Å². The monoisotopic (exact) mass is 269 g/mol. The van der Waals surface area contributed by atoms with Crippen LogP contribution in [0.25, 0.3) is 0 Å². The first-order valence-electron chi connectivity index (χ1n) is 5.83. The van der Waals surface area contributed by atoms with Gasteiger partial charge in [-0.1, -0.05) is 6.07 Å². The van der Waals surface area contributed by atoms with E-state index in [9.17, 15) is 9.59 Å². The van der Waals surface area contributed by atoms with Gasteiger partial charge in [0.15, 0.2) is 0 Å². The zero-order chi connectivity index (χ0) is 13.4. The molecule has 1 heterocycles. The molecule has 0 unspecified atom stereocenters. The van der Waals surface area contributed by atoms with Gasteiger partial charge >= 0.3 is 0 Å². The summed E-state index contributed by atoms with van der Waals surface area (Å²) in [5.74, 6) is -0.183. The molecule has 0 aliphatic heterocycles. The zero-order valence-corrected chi connectivity index (χ0v) is 11.4. The van der Waals surface area contributed by atoms with Crippen molar-refractivity contribution in [2.45, 2.75) is 13.0 Å². The van der Waals surface area contributed by atoms with E-state index in [1.165, 1.54) is 9.78 Å². The molecular formula is C12H19N3O2S. The summed E-state index contributed by atoms with van der Waals surface area (Å²) in [5, 5.41) is 2.00. The molecule has 5 nitrogen and oxygen atoms in total. The first kappa shape index (κ1) is 14.8. The molecule has 0 aliphatic rings. The van der Waals surface area contributed by atoms with Crippen molar-refractivity contribution in [3.8, 4) is 0 Å². The number of rotatable bonds is 8. The number of carbonyl (C=O) groups is 2. The van der Waals surface area contributed by atoms with Crippen LogP contribution in [0.15, 0.2) is 17.5 Å². The highest BCUT2D eigenvalue weighted by molar-refractivity contribution is 7.09. The fourth-order valence-corrected chi connectivity index (χ4v) is 2.33. The number of likely N-dealkylation sites (N-methyl/N-ethyl adjacent to an activating group) is 1. The number of hydrogen-bond donors (Lipinski definition) is 1. The molecule has 0 aromatic carbocycles. The molecule has 6 heteroatoms. The Hall–Kier alpha value is -1.24. The molecule has 0 spiro atoms. The van der Waals surface area contributed by atoms with Crippen molar-refractivity contribution < 1.29 is 9.59 Å². The maximum Gasteiger partial charge on any atom is 0.243 e. The molecule has 0 atom stereocenters. The number of thiophene rings is 1. The lowest BCUT2D eigenvalue weighted by Gasteiger charge is -2.20. The van der Waals surface area contributed by atoms with Gasteiger partial charge in [0.05, 0.1) is 6.54 Å². The number of hydrogen-bond acceptors (Lipinski definition) is 5. The molecule has 18 heavy (non-hydrogen) atoms. The van der Waals surface area contributed by atoms with Crippen LogP contribution >= 0.6 is 11.3 Å². The highest BCUT2D eigenvalue weighted by Gasteiger charge is 2.14. The summed E-state index contributed by atoms with van der Waals surface area (Å²) in [6, 6.07) is 4.01. The van der Waals surface area contributed by atoms with Gasteiger partial charge in [-0.25, -0.2) is 0 Å². The maximum absolute atomic E-state index is 11.8. The van der Waals surface area contributed by atoms with Gasteiger partial charge in [-0.2, -0.15) is 0 Å². The van der Waals surface area contributed by atoms with E-state index in [1.54, 1.807) is 11.3 Å². The van der Waals surface area contributed by atoms with Crippen molar-refractivity contribution in [1.82, 2.24) is 9.80 Å². The molecule has 100 valence electrons. The molecule has 0 fully saturated rings. The molecule has 0 saturated carbocycles. The Kier molecular flexibility index (Phi) is 6.56.